The first-order chi connectivity index (χ1) is 10.8. The zero-order chi connectivity index (χ0) is 15.4. The number of amides is 1. The Hall–Kier alpha value is -2.60. The first-order valence-corrected chi connectivity index (χ1v) is 7.81. The molecule has 2 aromatic carbocycles. The van der Waals surface area contributed by atoms with Crippen LogP contribution in [0.15, 0.2) is 64.2 Å². The van der Waals surface area contributed by atoms with Gasteiger partial charge in [-0.3, -0.25) is 4.79 Å². The Kier molecular flexibility index (Phi) is 4.20. The molecule has 1 heterocycles. The number of benzene rings is 2. The number of thioether (sulfide) groups is 1. The van der Waals surface area contributed by atoms with E-state index in [0.717, 1.165) is 10.5 Å². The lowest BCUT2D eigenvalue weighted by Crippen LogP contribution is -2.12. The molecule has 1 N–H and O–H groups in total. The molecule has 1 aromatic heterocycles. The summed E-state index contributed by atoms with van der Waals surface area (Å²) in [5.41, 5.74) is 2.09. The van der Waals surface area contributed by atoms with Gasteiger partial charge in [-0.2, -0.15) is 0 Å². The topological polar surface area (TPSA) is 68.0 Å². The van der Waals surface area contributed by atoms with E-state index < -0.39 is 0 Å². The third-order valence-corrected chi connectivity index (χ3v) is 3.87. The summed E-state index contributed by atoms with van der Waals surface area (Å²) >= 11 is 1.54. The quantitative estimate of drug-likeness (QED) is 0.744. The molecule has 0 aliphatic carbocycles. The number of rotatable bonds is 4. The number of carbonyl (C=O) groups excluding carboxylic acids is 1. The highest BCUT2D eigenvalue weighted by molar-refractivity contribution is 7.98. The van der Waals surface area contributed by atoms with Gasteiger partial charge in [0, 0.05) is 16.1 Å². The fourth-order valence-corrected chi connectivity index (χ4v) is 2.65. The van der Waals surface area contributed by atoms with Crippen molar-refractivity contribution in [3.05, 3.63) is 60.5 Å². The summed E-state index contributed by atoms with van der Waals surface area (Å²) in [6, 6.07) is 14.8. The zero-order valence-electron chi connectivity index (χ0n) is 11.8. The number of hydrogen-bond acceptors (Lipinski definition) is 5. The molecule has 0 aliphatic heterocycles. The normalized spacial score (nSPS) is 10.4. The third-order valence-electron chi connectivity index (χ3n) is 3.08. The largest absolute Gasteiger partial charge is 0.423 e. The highest BCUT2D eigenvalue weighted by Crippen LogP contribution is 2.23. The lowest BCUT2D eigenvalue weighted by atomic mass is 10.1. The van der Waals surface area contributed by atoms with Crippen molar-refractivity contribution in [1.29, 1.82) is 0 Å². The predicted octanol–water partition coefficient (Wildman–Crippen LogP) is 3.71. The van der Waals surface area contributed by atoms with Crippen LogP contribution in [0, 0.1) is 0 Å². The molecule has 0 unspecified atom stereocenters. The van der Waals surface area contributed by atoms with Crippen LogP contribution in [0.5, 0.6) is 0 Å². The average molecular weight is 311 g/mol. The van der Waals surface area contributed by atoms with Crippen LogP contribution in [0.1, 0.15) is 10.4 Å². The molecular weight excluding hydrogens is 298 g/mol. The van der Waals surface area contributed by atoms with Gasteiger partial charge in [-0.05, 0) is 36.6 Å². The standard InChI is InChI=1S/C16H13N3O2S/c1-22-14-8-3-2-7-13(14)15(20)18-12-6-4-5-11(9-12)16-19-17-10-21-16/h2-10H,1H3,(H,18,20). The number of anilines is 1. The zero-order valence-corrected chi connectivity index (χ0v) is 12.6. The number of aromatic nitrogens is 2. The van der Waals surface area contributed by atoms with Gasteiger partial charge in [-0.25, -0.2) is 0 Å². The van der Waals surface area contributed by atoms with Crippen LogP contribution in [-0.2, 0) is 0 Å². The summed E-state index contributed by atoms with van der Waals surface area (Å²) in [5, 5.41) is 10.4. The molecular formula is C16H13N3O2S. The van der Waals surface area contributed by atoms with Gasteiger partial charge in [-0.15, -0.1) is 22.0 Å². The fraction of sp³-hybridized carbons (Fsp3) is 0.0625. The van der Waals surface area contributed by atoms with Crippen LogP contribution in [0.25, 0.3) is 11.5 Å². The summed E-state index contributed by atoms with van der Waals surface area (Å²) in [6.07, 6.45) is 3.22. The van der Waals surface area contributed by atoms with Crippen molar-refractivity contribution in [1.82, 2.24) is 10.2 Å². The molecule has 1 amide bonds. The van der Waals surface area contributed by atoms with Crippen molar-refractivity contribution in [3.8, 4) is 11.5 Å². The van der Waals surface area contributed by atoms with E-state index in [0.29, 0.717) is 17.1 Å². The van der Waals surface area contributed by atoms with Crippen LogP contribution < -0.4 is 5.32 Å². The second-order valence-electron chi connectivity index (χ2n) is 4.48. The minimum absolute atomic E-state index is 0.146. The molecule has 0 aliphatic rings. The van der Waals surface area contributed by atoms with Crippen LogP contribution in [0.2, 0.25) is 0 Å². The molecule has 6 heteroatoms. The third kappa shape index (κ3) is 3.01. The summed E-state index contributed by atoms with van der Waals surface area (Å²) in [6.45, 7) is 0. The Labute approximate surface area is 131 Å². The molecule has 0 bridgehead atoms. The monoisotopic (exact) mass is 311 g/mol. The highest BCUT2D eigenvalue weighted by atomic mass is 32.2. The molecule has 0 spiro atoms. The Balaban J connectivity index is 1.84. The van der Waals surface area contributed by atoms with E-state index in [4.69, 9.17) is 4.42 Å². The Bertz CT molecular complexity index is 788. The summed E-state index contributed by atoms with van der Waals surface area (Å²) < 4.78 is 5.16. The van der Waals surface area contributed by atoms with E-state index in [1.807, 2.05) is 48.7 Å². The SMILES string of the molecule is CSc1ccccc1C(=O)Nc1cccc(-c2nnco2)c1. The average Bonchev–Trinajstić information content (AvgIpc) is 3.09. The van der Waals surface area contributed by atoms with Crippen molar-refractivity contribution in [2.24, 2.45) is 0 Å². The molecule has 3 aromatic rings. The number of nitrogens with one attached hydrogen (secondary N) is 1. The maximum atomic E-state index is 12.4. The van der Waals surface area contributed by atoms with Crippen molar-refractivity contribution < 1.29 is 9.21 Å². The number of carbonyl (C=O) groups is 1. The maximum absolute atomic E-state index is 12.4. The van der Waals surface area contributed by atoms with Crippen LogP contribution in [0.4, 0.5) is 5.69 Å². The van der Waals surface area contributed by atoms with Crippen molar-refractivity contribution in [2.45, 2.75) is 4.90 Å². The van der Waals surface area contributed by atoms with Crippen LogP contribution in [0.3, 0.4) is 0 Å². The van der Waals surface area contributed by atoms with Crippen molar-refractivity contribution in [2.75, 3.05) is 11.6 Å². The minimum atomic E-state index is -0.146. The van der Waals surface area contributed by atoms with Gasteiger partial charge >= 0.3 is 0 Å². The van der Waals surface area contributed by atoms with E-state index in [-0.39, 0.29) is 5.91 Å². The van der Waals surface area contributed by atoms with Gasteiger partial charge in [0.25, 0.3) is 5.91 Å². The van der Waals surface area contributed by atoms with E-state index >= 15 is 0 Å². The summed E-state index contributed by atoms with van der Waals surface area (Å²) in [7, 11) is 0. The smallest absolute Gasteiger partial charge is 0.256 e. The molecule has 22 heavy (non-hydrogen) atoms. The first-order valence-electron chi connectivity index (χ1n) is 6.59. The predicted molar refractivity (Wildman–Crippen MR) is 85.9 cm³/mol. The second kappa shape index (κ2) is 6.44. The Morgan fingerprint density at radius 1 is 1.18 bits per heavy atom. The van der Waals surface area contributed by atoms with Gasteiger partial charge < -0.3 is 9.73 Å². The van der Waals surface area contributed by atoms with Gasteiger partial charge in [0.1, 0.15) is 0 Å². The molecule has 0 saturated carbocycles. The number of hydrogen-bond donors (Lipinski definition) is 1. The lowest BCUT2D eigenvalue weighted by Gasteiger charge is -2.09. The number of nitrogens with zero attached hydrogens (tertiary/aromatic N) is 2. The molecule has 0 saturated heterocycles. The Morgan fingerprint density at radius 3 is 2.82 bits per heavy atom. The maximum Gasteiger partial charge on any atom is 0.256 e. The minimum Gasteiger partial charge on any atom is -0.423 e. The molecule has 5 nitrogen and oxygen atoms in total. The summed E-state index contributed by atoms with van der Waals surface area (Å²) in [4.78, 5) is 13.4. The van der Waals surface area contributed by atoms with Crippen LogP contribution in [-0.4, -0.2) is 22.4 Å². The fourth-order valence-electron chi connectivity index (χ4n) is 2.06. The molecule has 3 rings (SSSR count). The lowest BCUT2D eigenvalue weighted by molar-refractivity contribution is 0.102. The van der Waals surface area contributed by atoms with Crippen LogP contribution >= 0.6 is 11.8 Å². The Morgan fingerprint density at radius 2 is 2.05 bits per heavy atom. The highest BCUT2D eigenvalue weighted by Gasteiger charge is 2.11. The van der Waals surface area contributed by atoms with Crippen molar-refractivity contribution >= 4 is 23.4 Å². The molecule has 0 fully saturated rings. The molecule has 110 valence electrons. The van der Waals surface area contributed by atoms with Gasteiger partial charge in [0.2, 0.25) is 12.3 Å². The van der Waals surface area contributed by atoms with E-state index in [9.17, 15) is 4.79 Å². The van der Waals surface area contributed by atoms with E-state index in [2.05, 4.69) is 15.5 Å². The van der Waals surface area contributed by atoms with E-state index in [1.165, 1.54) is 6.39 Å². The van der Waals surface area contributed by atoms with Crippen molar-refractivity contribution in [3.63, 3.8) is 0 Å². The second-order valence-corrected chi connectivity index (χ2v) is 5.33. The molecule has 0 radical (unpaired) electrons. The van der Waals surface area contributed by atoms with Gasteiger partial charge in [0.05, 0.1) is 5.56 Å². The summed E-state index contributed by atoms with van der Waals surface area (Å²) in [5.74, 6) is 0.272. The first kappa shape index (κ1) is 14.3. The van der Waals surface area contributed by atoms with Gasteiger partial charge in [0.15, 0.2) is 0 Å². The molecule has 0 atom stereocenters. The van der Waals surface area contributed by atoms with Gasteiger partial charge in [-0.1, -0.05) is 18.2 Å². The van der Waals surface area contributed by atoms with E-state index in [1.54, 1.807) is 17.8 Å².